The van der Waals surface area contributed by atoms with E-state index in [9.17, 15) is 9.18 Å². The van der Waals surface area contributed by atoms with Crippen LogP contribution in [0.3, 0.4) is 0 Å². The van der Waals surface area contributed by atoms with Crippen molar-refractivity contribution in [1.29, 1.82) is 0 Å². The van der Waals surface area contributed by atoms with Gasteiger partial charge < -0.3 is 5.32 Å². The van der Waals surface area contributed by atoms with Gasteiger partial charge in [0.05, 0.1) is 17.4 Å². The first-order valence-electron chi connectivity index (χ1n) is 9.94. The summed E-state index contributed by atoms with van der Waals surface area (Å²) in [6.07, 6.45) is 2.79. The van der Waals surface area contributed by atoms with Gasteiger partial charge in [-0.25, -0.2) is 4.39 Å². The molecule has 3 aromatic rings. The molecule has 1 heterocycles. The van der Waals surface area contributed by atoms with Gasteiger partial charge in [-0.05, 0) is 49.1 Å². The van der Waals surface area contributed by atoms with Crippen LogP contribution in [0.1, 0.15) is 43.8 Å². The molecule has 4 rings (SSSR count). The highest BCUT2D eigenvalue weighted by molar-refractivity contribution is 7.99. The molecule has 156 valence electrons. The van der Waals surface area contributed by atoms with Gasteiger partial charge in [0.15, 0.2) is 11.0 Å². The average molecular weight is 445 g/mol. The van der Waals surface area contributed by atoms with Crippen molar-refractivity contribution in [2.75, 3.05) is 5.75 Å². The second kappa shape index (κ2) is 9.18. The molecule has 1 unspecified atom stereocenters. The second-order valence-corrected chi connectivity index (χ2v) is 8.63. The third-order valence-corrected chi connectivity index (χ3v) is 6.23. The zero-order chi connectivity index (χ0) is 21.1. The van der Waals surface area contributed by atoms with E-state index in [1.165, 1.54) is 17.8 Å². The zero-order valence-electron chi connectivity index (χ0n) is 16.5. The smallest absolute Gasteiger partial charge is 0.230 e. The second-order valence-electron chi connectivity index (χ2n) is 7.26. The van der Waals surface area contributed by atoms with Crippen LogP contribution in [-0.4, -0.2) is 26.4 Å². The molecule has 1 atom stereocenters. The van der Waals surface area contributed by atoms with Crippen molar-refractivity contribution in [3.05, 3.63) is 64.9 Å². The van der Waals surface area contributed by atoms with Crippen molar-refractivity contribution in [3.8, 4) is 11.4 Å². The number of carbonyl (C=O) groups excluding carboxylic acids is 1. The number of thioether (sulfide) groups is 1. The minimum atomic E-state index is -0.324. The molecular formula is C22H22ClFN4OS. The highest BCUT2D eigenvalue weighted by Crippen LogP contribution is 2.41. The summed E-state index contributed by atoms with van der Waals surface area (Å²) >= 11 is 7.28. The van der Waals surface area contributed by atoms with E-state index >= 15 is 0 Å². The number of hydrogen-bond acceptors (Lipinski definition) is 4. The Morgan fingerprint density at radius 2 is 1.97 bits per heavy atom. The third-order valence-electron chi connectivity index (χ3n) is 5.04. The van der Waals surface area contributed by atoms with Gasteiger partial charge in [0.25, 0.3) is 0 Å². The van der Waals surface area contributed by atoms with E-state index in [4.69, 9.17) is 11.6 Å². The van der Waals surface area contributed by atoms with Crippen LogP contribution in [0.5, 0.6) is 0 Å². The number of nitrogens with one attached hydrogen (secondary N) is 1. The van der Waals surface area contributed by atoms with Gasteiger partial charge in [0, 0.05) is 11.1 Å². The number of benzene rings is 2. The summed E-state index contributed by atoms with van der Waals surface area (Å²) in [6, 6.07) is 14.2. The van der Waals surface area contributed by atoms with E-state index in [2.05, 4.69) is 15.5 Å². The van der Waals surface area contributed by atoms with E-state index < -0.39 is 0 Å². The van der Waals surface area contributed by atoms with E-state index in [1.54, 1.807) is 18.2 Å². The standard InChI is InChI=1S/C22H22ClFN4OS/c1-2-19(14-7-9-15(23)10-8-14)25-20(29)13-30-22-27-26-21(28(22)16-11-12-16)17-5-3-4-6-18(17)24/h3-10,16,19H,2,11-13H2,1H3,(H,25,29). The fraction of sp³-hybridized carbons (Fsp3) is 0.318. The summed E-state index contributed by atoms with van der Waals surface area (Å²) in [4.78, 5) is 12.6. The van der Waals surface area contributed by atoms with Gasteiger partial charge in [-0.2, -0.15) is 0 Å². The first-order chi connectivity index (χ1) is 14.6. The Balaban J connectivity index is 1.45. The zero-order valence-corrected chi connectivity index (χ0v) is 18.1. The quantitative estimate of drug-likeness (QED) is 0.470. The lowest BCUT2D eigenvalue weighted by Gasteiger charge is -2.17. The number of rotatable bonds is 8. The molecule has 1 saturated carbocycles. The molecule has 5 nitrogen and oxygen atoms in total. The Bertz CT molecular complexity index is 1040. The summed E-state index contributed by atoms with van der Waals surface area (Å²) in [6.45, 7) is 2.02. The van der Waals surface area contributed by atoms with Crippen LogP contribution >= 0.6 is 23.4 Å². The maximum Gasteiger partial charge on any atom is 0.230 e. The summed E-state index contributed by atoms with van der Waals surface area (Å²) in [7, 11) is 0. The molecule has 1 aliphatic rings. The van der Waals surface area contributed by atoms with Crippen LogP contribution in [0.25, 0.3) is 11.4 Å². The third kappa shape index (κ3) is 4.68. The predicted molar refractivity (Wildman–Crippen MR) is 117 cm³/mol. The fourth-order valence-corrected chi connectivity index (χ4v) is 4.29. The maximum absolute atomic E-state index is 14.3. The number of nitrogens with zero attached hydrogens (tertiary/aromatic N) is 3. The lowest BCUT2D eigenvalue weighted by atomic mass is 10.0. The van der Waals surface area contributed by atoms with Crippen LogP contribution in [-0.2, 0) is 4.79 Å². The Labute approximate surface area is 184 Å². The summed E-state index contributed by atoms with van der Waals surface area (Å²) in [5.41, 5.74) is 1.45. The first-order valence-corrected chi connectivity index (χ1v) is 11.3. The van der Waals surface area contributed by atoms with Gasteiger partial charge >= 0.3 is 0 Å². The number of aromatic nitrogens is 3. The van der Waals surface area contributed by atoms with Crippen LogP contribution in [0.4, 0.5) is 4.39 Å². The van der Waals surface area contributed by atoms with Gasteiger partial charge in [-0.1, -0.05) is 54.6 Å². The molecule has 0 bridgehead atoms. The first kappa shape index (κ1) is 20.9. The Morgan fingerprint density at radius 1 is 1.23 bits per heavy atom. The van der Waals surface area contributed by atoms with Crippen molar-refractivity contribution in [1.82, 2.24) is 20.1 Å². The van der Waals surface area contributed by atoms with E-state index in [0.29, 0.717) is 21.6 Å². The molecule has 2 aromatic carbocycles. The number of halogens is 2. The maximum atomic E-state index is 14.3. The van der Waals surface area contributed by atoms with Crippen molar-refractivity contribution >= 4 is 29.3 Å². The van der Waals surface area contributed by atoms with Gasteiger partial charge in [0.1, 0.15) is 5.82 Å². The van der Waals surface area contributed by atoms with Crippen molar-refractivity contribution < 1.29 is 9.18 Å². The van der Waals surface area contributed by atoms with Crippen LogP contribution < -0.4 is 5.32 Å². The van der Waals surface area contributed by atoms with Crippen molar-refractivity contribution in [2.24, 2.45) is 0 Å². The van der Waals surface area contributed by atoms with E-state index in [1.807, 2.05) is 35.8 Å². The lowest BCUT2D eigenvalue weighted by molar-refractivity contribution is -0.119. The minimum Gasteiger partial charge on any atom is -0.349 e. The molecule has 1 N–H and O–H groups in total. The van der Waals surface area contributed by atoms with E-state index in [0.717, 1.165) is 24.8 Å². The molecule has 0 saturated heterocycles. The summed E-state index contributed by atoms with van der Waals surface area (Å²) in [5, 5.41) is 12.9. The molecule has 1 fully saturated rings. The molecule has 1 aliphatic carbocycles. The van der Waals surface area contributed by atoms with Crippen LogP contribution in [0.15, 0.2) is 53.7 Å². The Hall–Kier alpha value is -2.38. The molecule has 8 heteroatoms. The molecule has 0 radical (unpaired) electrons. The molecule has 1 aromatic heterocycles. The molecule has 1 amide bonds. The summed E-state index contributed by atoms with van der Waals surface area (Å²) in [5.74, 6) is 0.326. The van der Waals surface area contributed by atoms with Crippen molar-refractivity contribution in [2.45, 2.75) is 43.4 Å². The largest absolute Gasteiger partial charge is 0.349 e. The minimum absolute atomic E-state index is 0.0781. The molecule has 30 heavy (non-hydrogen) atoms. The van der Waals surface area contributed by atoms with Crippen LogP contribution in [0.2, 0.25) is 5.02 Å². The molecule has 0 spiro atoms. The topological polar surface area (TPSA) is 59.8 Å². The summed E-state index contributed by atoms with van der Waals surface area (Å²) < 4.78 is 16.2. The number of amides is 1. The van der Waals surface area contributed by atoms with Gasteiger partial charge in [-0.3, -0.25) is 9.36 Å². The monoisotopic (exact) mass is 444 g/mol. The fourth-order valence-electron chi connectivity index (χ4n) is 3.35. The highest BCUT2D eigenvalue weighted by Gasteiger charge is 2.31. The Kier molecular flexibility index (Phi) is 6.39. The number of hydrogen-bond donors (Lipinski definition) is 1. The lowest BCUT2D eigenvalue weighted by Crippen LogP contribution is -2.29. The SMILES string of the molecule is CCC(NC(=O)CSc1nnc(-c2ccccc2F)n1C1CC1)c1ccc(Cl)cc1. The highest BCUT2D eigenvalue weighted by atomic mass is 35.5. The van der Waals surface area contributed by atoms with Gasteiger partial charge in [-0.15, -0.1) is 10.2 Å². The Morgan fingerprint density at radius 3 is 2.63 bits per heavy atom. The average Bonchev–Trinajstić information content (AvgIpc) is 3.51. The normalized spacial score (nSPS) is 14.5. The molecule has 0 aliphatic heterocycles. The number of carbonyl (C=O) groups is 1. The molecular weight excluding hydrogens is 423 g/mol. The van der Waals surface area contributed by atoms with E-state index in [-0.39, 0.29) is 29.6 Å². The van der Waals surface area contributed by atoms with Crippen molar-refractivity contribution in [3.63, 3.8) is 0 Å². The van der Waals surface area contributed by atoms with Gasteiger partial charge in [0.2, 0.25) is 5.91 Å². The predicted octanol–water partition coefficient (Wildman–Crippen LogP) is 5.43. The van der Waals surface area contributed by atoms with Crippen LogP contribution in [0, 0.1) is 5.82 Å².